The highest BCUT2D eigenvalue weighted by Gasteiger charge is 2.35. The molecule has 0 radical (unpaired) electrons. The predicted octanol–water partition coefficient (Wildman–Crippen LogP) is 4.08. The Labute approximate surface area is 148 Å². The number of carbonyl (C=O) groups excluding carboxylic acids is 2. The number of nitrogens with one attached hydrogen (secondary N) is 1. The van der Waals surface area contributed by atoms with Gasteiger partial charge in [0.05, 0.1) is 12.2 Å². The van der Waals surface area contributed by atoms with Crippen LogP contribution in [-0.4, -0.2) is 35.2 Å². The second kappa shape index (κ2) is 7.00. The molecule has 0 spiro atoms. The van der Waals surface area contributed by atoms with Gasteiger partial charge in [0.2, 0.25) is 11.7 Å². The van der Waals surface area contributed by atoms with E-state index in [0.29, 0.717) is 11.3 Å². The Morgan fingerprint density at radius 3 is 2.40 bits per heavy atom. The van der Waals surface area contributed by atoms with Gasteiger partial charge in [-0.05, 0) is 52.7 Å². The van der Waals surface area contributed by atoms with Crippen molar-refractivity contribution in [3.05, 3.63) is 30.0 Å². The monoisotopic (exact) mass is 342 g/mol. The average Bonchev–Trinajstić information content (AvgIpc) is 3.35. The molecule has 1 amide bonds. The van der Waals surface area contributed by atoms with Crippen molar-refractivity contribution >= 4 is 28.3 Å². The van der Waals surface area contributed by atoms with Gasteiger partial charge in [0.25, 0.3) is 0 Å². The Bertz CT molecular complexity index is 779. The summed E-state index contributed by atoms with van der Waals surface area (Å²) < 4.78 is 5.79. The quantitative estimate of drug-likeness (QED) is 0.770. The molecule has 0 bridgehead atoms. The molecule has 5 nitrogen and oxygen atoms in total. The van der Waals surface area contributed by atoms with Crippen LogP contribution in [0.4, 0.5) is 5.69 Å². The first kappa shape index (κ1) is 17.7. The zero-order valence-corrected chi connectivity index (χ0v) is 15.3. The van der Waals surface area contributed by atoms with Crippen LogP contribution in [0.25, 0.3) is 11.0 Å². The Morgan fingerprint density at radius 2 is 1.80 bits per heavy atom. The molecule has 1 heterocycles. The van der Waals surface area contributed by atoms with Crippen LogP contribution < -0.4 is 5.32 Å². The lowest BCUT2D eigenvalue weighted by Crippen LogP contribution is -2.42. The summed E-state index contributed by atoms with van der Waals surface area (Å²) >= 11 is 0. The van der Waals surface area contributed by atoms with E-state index in [-0.39, 0.29) is 42.0 Å². The van der Waals surface area contributed by atoms with Gasteiger partial charge in [-0.1, -0.05) is 12.1 Å². The average molecular weight is 342 g/mol. The summed E-state index contributed by atoms with van der Waals surface area (Å²) in [6, 6.07) is 7.97. The van der Waals surface area contributed by atoms with Crippen LogP contribution in [-0.2, 0) is 4.79 Å². The van der Waals surface area contributed by atoms with Crippen LogP contribution in [0.15, 0.2) is 28.7 Å². The highest BCUT2D eigenvalue weighted by molar-refractivity contribution is 6.12. The zero-order chi connectivity index (χ0) is 18.1. The van der Waals surface area contributed by atoms with Crippen molar-refractivity contribution in [2.45, 2.75) is 52.6 Å². The summed E-state index contributed by atoms with van der Waals surface area (Å²) in [5.74, 6) is 0.201. The van der Waals surface area contributed by atoms with E-state index in [1.54, 1.807) is 0 Å². The SMILES string of the molecule is CC(C)N(CC(=O)Nc1c(C(=O)C2CC2)oc2ccccc12)C(C)C. The molecule has 1 aromatic heterocycles. The fourth-order valence-electron chi connectivity index (χ4n) is 3.18. The maximum absolute atomic E-state index is 12.6. The number of benzene rings is 1. The third-order valence-electron chi connectivity index (χ3n) is 4.68. The maximum atomic E-state index is 12.6. The number of Topliss-reactive ketones (excluding diaryl/α,β-unsaturated/α-hetero) is 1. The summed E-state index contributed by atoms with van der Waals surface area (Å²) in [5.41, 5.74) is 1.15. The van der Waals surface area contributed by atoms with E-state index < -0.39 is 0 Å². The number of hydrogen-bond donors (Lipinski definition) is 1. The number of ketones is 1. The van der Waals surface area contributed by atoms with E-state index in [1.165, 1.54) is 0 Å². The number of rotatable bonds is 7. The lowest BCUT2D eigenvalue weighted by atomic mass is 10.1. The van der Waals surface area contributed by atoms with Crippen molar-refractivity contribution in [1.82, 2.24) is 4.90 Å². The molecule has 1 aromatic carbocycles. The van der Waals surface area contributed by atoms with Gasteiger partial charge in [0.15, 0.2) is 5.76 Å². The molecule has 1 N–H and O–H groups in total. The lowest BCUT2D eigenvalue weighted by molar-refractivity contribution is -0.118. The highest BCUT2D eigenvalue weighted by Crippen LogP contribution is 2.38. The molecular weight excluding hydrogens is 316 g/mol. The molecule has 1 fully saturated rings. The van der Waals surface area contributed by atoms with Crippen LogP contribution in [0.2, 0.25) is 0 Å². The minimum atomic E-state index is -0.126. The van der Waals surface area contributed by atoms with Gasteiger partial charge in [-0.2, -0.15) is 0 Å². The largest absolute Gasteiger partial charge is 0.451 e. The molecular formula is C20H26N2O3. The van der Waals surface area contributed by atoms with Crippen molar-refractivity contribution in [3.63, 3.8) is 0 Å². The Balaban J connectivity index is 1.88. The van der Waals surface area contributed by atoms with Gasteiger partial charge in [0.1, 0.15) is 5.58 Å². The fourth-order valence-corrected chi connectivity index (χ4v) is 3.18. The smallest absolute Gasteiger partial charge is 0.238 e. The van der Waals surface area contributed by atoms with Crippen molar-refractivity contribution in [3.8, 4) is 0 Å². The minimum absolute atomic E-state index is 0.00363. The first-order valence-corrected chi connectivity index (χ1v) is 8.99. The van der Waals surface area contributed by atoms with E-state index in [9.17, 15) is 9.59 Å². The molecule has 2 aromatic rings. The van der Waals surface area contributed by atoms with E-state index in [2.05, 4.69) is 37.9 Å². The zero-order valence-electron chi connectivity index (χ0n) is 15.3. The van der Waals surface area contributed by atoms with E-state index in [1.807, 2.05) is 24.3 Å². The van der Waals surface area contributed by atoms with E-state index >= 15 is 0 Å². The second-order valence-electron chi connectivity index (χ2n) is 7.35. The number of fused-ring (bicyclic) bond motifs is 1. The molecule has 0 unspecified atom stereocenters. The second-order valence-corrected chi connectivity index (χ2v) is 7.35. The van der Waals surface area contributed by atoms with Gasteiger partial charge in [-0.25, -0.2) is 0 Å². The van der Waals surface area contributed by atoms with Crippen molar-refractivity contribution in [2.24, 2.45) is 5.92 Å². The fraction of sp³-hybridized carbons (Fsp3) is 0.500. The van der Waals surface area contributed by atoms with Gasteiger partial charge in [-0.15, -0.1) is 0 Å². The predicted molar refractivity (Wildman–Crippen MR) is 98.9 cm³/mol. The van der Waals surface area contributed by atoms with Gasteiger partial charge >= 0.3 is 0 Å². The van der Waals surface area contributed by atoms with Gasteiger partial charge in [-0.3, -0.25) is 14.5 Å². The van der Waals surface area contributed by atoms with Crippen LogP contribution in [0.1, 0.15) is 51.1 Å². The molecule has 0 atom stereocenters. The first-order valence-electron chi connectivity index (χ1n) is 8.99. The molecule has 3 rings (SSSR count). The summed E-state index contributed by atoms with van der Waals surface area (Å²) in [7, 11) is 0. The van der Waals surface area contributed by atoms with E-state index in [4.69, 9.17) is 4.42 Å². The standard InChI is InChI=1S/C20H26N2O3/c1-12(2)22(13(3)4)11-17(23)21-18-15-7-5-6-8-16(15)25-20(18)19(24)14-9-10-14/h5-8,12-14H,9-11H2,1-4H3,(H,21,23). The van der Waals surface area contributed by atoms with E-state index in [0.717, 1.165) is 18.2 Å². The normalized spacial score (nSPS) is 14.7. The van der Waals surface area contributed by atoms with Crippen LogP contribution in [0, 0.1) is 5.92 Å². The molecule has 5 heteroatoms. The molecule has 0 saturated heterocycles. The number of carbonyl (C=O) groups is 2. The third-order valence-corrected chi connectivity index (χ3v) is 4.68. The highest BCUT2D eigenvalue weighted by atomic mass is 16.3. The minimum Gasteiger partial charge on any atom is -0.451 e. The molecule has 25 heavy (non-hydrogen) atoms. The third kappa shape index (κ3) is 3.76. The van der Waals surface area contributed by atoms with Crippen molar-refractivity contribution < 1.29 is 14.0 Å². The number of anilines is 1. The summed E-state index contributed by atoms with van der Waals surface area (Å²) in [5, 5.41) is 3.72. The first-order chi connectivity index (χ1) is 11.9. The van der Waals surface area contributed by atoms with Gasteiger partial charge < -0.3 is 9.73 Å². The van der Waals surface area contributed by atoms with Crippen LogP contribution in [0.3, 0.4) is 0 Å². The van der Waals surface area contributed by atoms with Crippen molar-refractivity contribution in [1.29, 1.82) is 0 Å². The van der Waals surface area contributed by atoms with Crippen LogP contribution in [0.5, 0.6) is 0 Å². The maximum Gasteiger partial charge on any atom is 0.238 e. The topological polar surface area (TPSA) is 62.6 Å². The summed E-state index contributed by atoms with van der Waals surface area (Å²) in [4.78, 5) is 27.3. The number of hydrogen-bond acceptors (Lipinski definition) is 4. The molecule has 134 valence electrons. The Kier molecular flexibility index (Phi) is 4.95. The molecule has 1 aliphatic carbocycles. The van der Waals surface area contributed by atoms with Gasteiger partial charge in [0, 0.05) is 23.4 Å². The number of furan rings is 1. The Hall–Kier alpha value is -2.14. The molecule has 0 aliphatic heterocycles. The summed E-state index contributed by atoms with van der Waals surface area (Å²) in [6.07, 6.45) is 1.80. The Morgan fingerprint density at radius 1 is 1.16 bits per heavy atom. The summed E-state index contributed by atoms with van der Waals surface area (Å²) in [6.45, 7) is 8.57. The van der Waals surface area contributed by atoms with Crippen molar-refractivity contribution in [2.75, 3.05) is 11.9 Å². The van der Waals surface area contributed by atoms with Crippen LogP contribution >= 0.6 is 0 Å². The number of amides is 1. The molecule has 1 aliphatic rings. The lowest BCUT2D eigenvalue weighted by Gasteiger charge is -2.29. The number of nitrogens with zero attached hydrogens (tertiary/aromatic N) is 1. The number of para-hydroxylation sites is 1. The molecule has 1 saturated carbocycles.